The average molecular weight is 383 g/mol. The number of hydrogen-bond donors (Lipinski definition) is 1. The molecule has 0 aliphatic carbocycles. The van der Waals surface area contributed by atoms with E-state index in [9.17, 15) is 13.6 Å². The van der Waals surface area contributed by atoms with Crippen LogP contribution in [0.2, 0.25) is 0 Å². The molecule has 7 heteroatoms. The van der Waals surface area contributed by atoms with Gasteiger partial charge in [0.15, 0.2) is 11.6 Å². The van der Waals surface area contributed by atoms with Crippen LogP contribution in [0.5, 0.6) is 5.75 Å². The van der Waals surface area contributed by atoms with Crippen molar-refractivity contribution in [2.24, 2.45) is 0 Å². The van der Waals surface area contributed by atoms with Gasteiger partial charge < -0.3 is 15.0 Å². The van der Waals surface area contributed by atoms with Gasteiger partial charge in [-0.3, -0.25) is 4.79 Å². The maximum Gasteiger partial charge on any atom is 0.268 e. The highest BCUT2D eigenvalue weighted by molar-refractivity contribution is 5.85. The highest BCUT2D eigenvalue weighted by Gasteiger charge is 2.28. The van der Waals surface area contributed by atoms with Crippen LogP contribution in [0, 0.1) is 11.6 Å². The van der Waals surface area contributed by atoms with E-state index >= 15 is 0 Å². The smallest absolute Gasteiger partial charge is 0.268 e. The van der Waals surface area contributed by atoms with E-state index in [1.807, 2.05) is 18.2 Å². The zero-order valence-electron chi connectivity index (χ0n) is 14.2. The molecule has 1 aliphatic rings. The van der Waals surface area contributed by atoms with Crippen molar-refractivity contribution in [1.29, 1.82) is 0 Å². The molecule has 1 atom stereocenters. The van der Waals surface area contributed by atoms with Gasteiger partial charge in [0, 0.05) is 31.3 Å². The molecule has 4 nitrogen and oxygen atoms in total. The van der Waals surface area contributed by atoms with Crippen LogP contribution in [0.3, 0.4) is 0 Å². The van der Waals surface area contributed by atoms with Gasteiger partial charge in [0.05, 0.1) is 0 Å². The molecule has 1 unspecified atom stereocenters. The largest absolute Gasteiger partial charge is 0.476 e. The highest BCUT2D eigenvalue weighted by atomic mass is 35.5. The molecular weight excluding hydrogens is 362 g/mol. The summed E-state index contributed by atoms with van der Waals surface area (Å²) < 4.78 is 32.4. The maximum absolute atomic E-state index is 13.5. The van der Waals surface area contributed by atoms with Gasteiger partial charge >= 0.3 is 0 Å². The van der Waals surface area contributed by atoms with Crippen molar-refractivity contribution in [2.75, 3.05) is 26.2 Å². The van der Waals surface area contributed by atoms with E-state index in [1.54, 1.807) is 17.0 Å². The Morgan fingerprint density at radius 2 is 1.81 bits per heavy atom. The first-order valence-corrected chi connectivity index (χ1v) is 8.31. The minimum atomic E-state index is -1.00. The van der Waals surface area contributed by atoms with Gasteiger partial charge in [-0.15, -0.1) is 12.4 Å². The minimum Gasteiger partial charge on any atom is -0.476 e. The third kappa shape index (κ3) is 4.93. The SMILES string of the molecule is Cl.O=C(C(Oc1ccc(F)c(F)c1)c1ccccc1)N1CCCNCC1. The summed E-state index contributed by atoms with van der Waals surface area (Å²) in [4.78, 5) is 14.8. The van der Waals surface area contributed by atoms with Crippen molar-refractivity contribution in [3.63, 3.8) is 0 Å². The number of rotatable bonds is 4. The normalized spacial score (nSPS) is 15.5. The highest BCUT2D eigenvalue weighted by Crippen LogP contribution is 2.25. The lowest BCUT2D eigenvalue weighted by atomic mass is 10.1. The maximum atomic E-state index is 13.5. The molecule has 140 valence electrons. The topological polar surface area (TPSA) is 41.6 Å². The summed E-state index contributed by atoms with van der Waals surface area (Å²) in [5, 5.41) is 3.25. The third-order valence-corrected chi connectivity index (χ3v) is 4.12. The van der Waals surface area contributed by atoms with E-state index in [2.05, 4.69) is 5.32 Å². The summed E-state index contributed by atoms with van der Waals surface area (Å²) in [5.74, 6) is -2.02. The fourth-order valence-electron chi connectivity index (χ4n) is 2.81. The quantitative estimate of drug-likeness (QED) is 0.882. The van der Waals surface area contributed by atoms with Crippen LogP contribution in [-0.2, 0) is 4.79 Å². The summed E-state index contributed by atoms with van der Waals surface area (Å²) in [6.07, 6.45) is -0.0394. The summed E-state index contributed by atoms with van der Waals surface area (Å²) in [5.41, 5.74) is 0.675. The van der Waals surface area contributed by atoms with E-state index < -0.39 is 17.7 Å². The van der Waals surface area contributed by atoms with Crippen molar-refractivity contribution in [3.05, 3.63) is 65.7 Å². The molecule has 0 aromatic heterocycles. The van der Waals surface area contributed by atoms with Crippen LogP contribution in [0.1, 0.15) is 18.1 Å². The minimum absolute atomic E-state index is 0. The van der Waals surface area contributed by atoms with Crippen LogP contribution < -0.4 is 10.1 Å². The summed E-state index contributed by atoms with van der Waals surface area (Å²) in [6.45, 7) is 2.81. The van der Waals surface area contributed by atoms with E-state index in [0.29, 0.717) is 18.7 Å². The lowest BCUT2D eigenvalue weighted by Gasteiger charge is -2.26. The standard InChI is InChI=1S/C19H20F2N2O2.ClH/c20-16-8-7-15(13-17(16)21)25-18(14-5-2-1-3-6-14)19(24)23-11-4-9-22-10-12-23;/h1-3,5-8,13,18,22H,4,9-12H2;1H. The molecule has 1 amide bonds. The van der Waals surface area contributed by atoms with Crippen LogP contribution >= 0.6 is 12.4 Å². The first-order chi connectivity index (χ1) is 12.1. The van der Waals surface area contributed by atoms with E-state index in [1.165, 1.54) is 6.07 Å². The van der Waals surface area contributed by atoms with E-state index in [0.717, 1.165) is 31.6 Å². The fraction of sp³-hybridized carbons (Fsp3) is 0.316. The molecular formula is C19H21ClF2N2O2. The Morgan fingerprint density at radius 3 is 2.54 bits per heavy atom. The van der Waals surface area contributed by atoms with Crippen LogP contribution in [-0.4, -0.2) is 37.0 Å². The number of halogens is 3. The Morgan fingerprint density at radius 1 is 1.04 bits per heavy atom. The van der Waals surface area contributed by atoms with Gasteiger partial charge in [0.2, 0.25) is 6.10 Å². The predicted molar refractivity (Wildman–Crippen MR) is 97.5 cm³/mol. The Hall–Kier alpha value is -2.18. The Kier molecular flexibility index (Phi) is 7.36. The molecule has 1 aliphatic heterocycles. The molecule has 26 heavy (non-hydrogen) atoms. The number of hydrogen-bond acceptors (Lipinski definition) is 3. The van der Waals surface area contributed by atoms with Gasteiger partial charge in [-0.1, -0.05) is 30.3 Å². The number of benzene rings is 2. The van der Waals surface area contributed by atoms with Crippen molar-refractivity contribution in [3.8, 4) is 5.75 Å². The second-order valence-corrected chi connectivity index (χ2v) is 5.91. The molecule has 2 aromatic carbocycles. The van der Waals surface area contributed by atoms with Crippen LogP contribution in [0.4, 0.5) is 8.78 Å². The molecule has 1 N–H and O–H groups in total. The summed E-state index contributed by atoms with van der Waals surface area (Å²) in [6, 6.07) is 12.3. The van der Waals surface area contributed by atoms with Gasteiger partial charge in [0.1, 0.15) is 5.75 Å². The molecule has 0 saturated carbocycles. The lowest BCUT2D eigenvalue weighted by molar-refractivity contribution is -0.138. The van der Waals surface area contributed by atoms with Crippen molar-refractivity contribution < 1.29 is 18.3 Å². The number of ether oxygens (including phenoxy) is 1. The molecule has 0 spiro atoms. The average Bonchev–Trinajstić information content (AvgIpc) is 2.92. The fourth-order valence-corrected chi connectivity index (χ4v) is 2.81. The van der Waals surface area contributed by atoms with Crippen LogP contribution in [0.25, 0.3) is 0 Å². The van der Waals surface area contributed by atoms with Gasteiger partial charge in [-0.25, -0.2) is 8.78 Å². The second kappa shape index (κ2) is 9.50. The lowest BCUT2D eigenvalue weighted by Crippen LogP contribution is -2.39. The number of nitrogens with zero attached hydrogens (tertiary/aromatic N) is 1. The number of nitrogens with one attached hydrogen (secondary N) is 1. The number of amides is 1. The van der Waals surface area contributed by atoms with Crippen LogP contribution in [0.15, 0.2) is 48.5 Å². The first kappa shape index (κ1) is 20.1. The third-order valence-electron chi connectivity index (χ3n) is 4.12. The molecule has 1 fully saturated rings. The zero-order valence-corrected chi connectivity index (χ0v) is 15.0. The van der Waals surface area contributed by atoms with Crippen molar-refractivity contribution in [1.82, 2.24) is 10.2 Å². The predicted octanol–water partition coefficient (Wildman–Crippen LogP) is 3.33. The molecule has 0 radical (unpaired) electrons. The zero-order chi connectivity index (χ0) is 17.6. The number of carbonyl (C=O) groups excluding carboxylic acids is 1. The van der Waals surface area contributed by atoms with Crippen molar-refractivity contribution >= 4 is 18.3 Å². The molecule has 1 heterocycles. The summed E-state index contributed by atoms with van der Waals surface area (Å²) in [7, 11) is 0. The monoisotopic (exact) mass is 382 g/mol. The molecule has 0 bridgehead atoms. The Labute approximate surface area is 157 Å². The molecule has 1 saturated heterocycles. The Balaban J connectivity index is 0.00000243. The van der Waals surface area contributed by atoms with Gasteiger partial charge in [-0.2, -0.15) is 0 Å². The van der Waals surface area contributed by atoms with E-state index in [-0.39, 0.29) is 24.1 Å². The number of carbonyl (C=O) groups is 1. The van der Waals surface area contributed by atoms with Gasteiger partial charge in [0.25, 0.3) is 5.91 Å². The van der Waals surface area contributed by atoms with Crippen molar-refractivity contribution in [2.45, 2.75) is 12.5 Å². The Bertz CT molecular complexity index is 723. The first-order valence-electron chi connectivity index (χ1n) is 8.31. The van der Waals surface area contributed by atoms with Gasteiger partial charge in [-0.05, 0) is 25.1 Å². The molecule has 3 rings (SSSR count). The second-order valence-electron chi connectivity index (χ2n) is 5.91. The van der Waals surface area contributed by atoms with E-state index in [4.69, 9.17) is 4.74 Å². The molecule has 2 aromatic rings. The summed E-state index contributed by atoms with van der Waals surface area (Å²) >= 11 is 0.